The summed E-state index contributed by atoms with van der Waals surface area (Å²) >= 11 is 0. The van der Waals surface area contributed by atoms with Gasteiger partial charge in [-0.15, -0.1) is 0 Å². The summed E-state index contributed by atoms with van der Waals surface area (Å²) < 4.78 is 0. The van der Waals surface area contributed by atoms with Crippen LogP contribution in [0.2, 0.25) is 0 Å². The molecule has 0 aliphatic carbocycles. The molecule has 0 bridgehead atoms. The molecule has 0 saturated carbocycles. The minimum atomic E-state index is 0.142. The first kappa shape index (κ1) is 12.0. The molecule has 14 heavy (non-hydrogen) atoms. The average Bonchev–Trinajstić information content (AvgIpc) is 2.01. The van der Waals surface area contributed by atoms with Crippen LogP contribution in [0.3, 0.4) is 0 Å². The molecule has 0 aromatic heterocycles. The van der Waals surface area contributed by atoms with E-state index in [1.165, 1.54) is 6.42 Å². The molecule has 1 rings (SSSR count). The highest BCUT2D eigenvalue weighted by Gasteiger charge is 2.33. The second-order valence-electron chi connectivity index (χ2n) is 6.42. The van der Waals surface area contributed by atoms with E-state index in [2.05, 4.69) is 46.6 Å². The lowest BCUT2D eigenvalue weighted by atomic mass is 9.78. The highest BCUT2D eigenvalue weighted by Crippen LogP contribution is 2.33. The van der Waals surface area contributed by atoms with E-state index in [-0.39, 0.29) is 5.54 Å². The second-order valence-corrected chi connectivity index (χ2v) is 6.42. The Labute approximate surface area is 88.6 Å². The Morgan fingerprint density at radius 2 is 1.64 bits per heavy atom. The quantitative estimate of drug-likeness (QED) is 0.594. The lowest BCUT2D eigenvalue weighted by Gasteiger charge is -2.43. The Balaban J connectivity index is 2.47. The summed E-state index contributed by atoms with van der Waals surface area (Å²) in [5.74, 6) is 0.695. The standard InChI is InChI=1S/C12H25NO/c1-11(2,3)10-7-8-13(14-9-10)12(4,5)6/h10H,7-9H2,1-6H3. The Kier molecular flexibility index (Phi) is 3.27. The van der Waals surface area contributed by atoms with Gasteiger partial charge in [-0.25, -0.2) is 0 Å². The van der Waals surface area contributed by atoms with E-state index in [4.69, 9.17) is 4.84 Å². The first-order valence-electron chi connectivity index (χ1n) is 5.62. The summed E-state index contributed by atoms with van der Waals surface area (Å²) in [4.78, 5) is 5.81. The van der Waals surface area contributed by atoms with Crippen molar-refractivity contribution in [1.29, 1.82) is 0 Å². The van der Waals surface area contributed by atoms with E-state index in [9.17, 15) is 0 Å². The van der Waals surface area contributed by atoms with Crippen LogP contribution in [0.25, 0.3) is 0 Å². The van der Waals surface area contributed by atoms with Crippen molar-refractivity contribution in [2.24, 2.45) is 11.3 Å². The van der Waals surface area contributed by atoms with Crippen molar-refractivity contribution in [2.75, 3.05) is 13.2 Å². The monoisotopic (exact) mass is 199 g/mol. The molecular formula is C12H25NO. The predicted molar refractivity (Wildman–Crippen MR) is 60.0 cm³/mol. The molecular weight excluding hydrogens is 174 g/mol. The average molecular weight is 199 g/mol. The van der Waals surface area contributed by atoms with Crippen LogP contribution < -0.4 is 0 Å². The summed E-state index contributed by atoms with van der Waals surface area (Å²) in [6.07, 6.45) is 1.25. The summed E-state index contributed by atoms with van der Waals surface area (Å²) in [7, 11) is 0. The van der Waals surface area contributed by atoms with Crippen LogP contribution in [0.1, 0.15) is 48.0 Å². The number of hydroxylamine groups is 2. The smallest absolute Gasteiger partial charge is 0.0719 e. The molecule has 1 aliphatic rings. The summed E-state index contributed by atoms with van der Waals surface area (Å²) in [5.41, 5.74) is 0.521. The summed E-state index contributed by atoms with van der Waals surface area (Å²) in [5, 5.41) is 2.12. The molecule has 0 aromatic carbocycles. The Hall–Kier alpha value is -0.0800. The Morgan fingerprint density at radius 3 is 1.93 bits per heavy atom. The van der Waals surface area contributed by atoms with Gasteiger partial charge in [0.15, 0.2) is 0 Å². The fourth-order valence-electron chi connectivity index (χ4n) is 1.81. The van der Waals surface area contributed by atoms with E-state index >= 15 is 0 Å². The maximum atomic E-state index is 5.81. The van der Waals surface area contributed by atoms with Gasteiger partial charge in [0.2, 0.25) is 0 Å². The van der Waals surface area contributed by atoms with Crippen molar-refractivity contribution in [3.05, 3.63) is 0 Å². The van der Waals surface area contributed by atoms with Gasteiger partial charge in [-0.05, 0) is 38.5 Å². The molecule has 1 aliphatic heterocycles. The van der Waals surface area contributed by atoms with Crippen LogP contribution in [0.4, 0.5) is 0 Å². The van der Waals surface area contributed by atoms with Crippen molar-refractivity contribution < 1.29 is 4.84 Å². The molecule has 0 N–H and O–H groups in total. The molecule has 2 heteroatoms. The maximum Gasteiger partial charge on any atom is 0.0719 e. The fourth-order valence-corrected chi connectivity index (χ4v) is 1.81. The van der Waals surface area contributed by atoms with E-state index in [0.717, 1.165) is 13.2 Å². The molecule has 1 heterocycles. The first-order valence-corrected chi connectivity index (χ1v) is 5.62. The van der Waals surface area contributed by atoms with Gasteiger partial charge in [-0.1, -0.05) is 20.8 Å². The maximum absolute atomic E-state index is 5.81. The second kappa shape index (κ2) is 3.82. The van der Waals surface area contributed by atoms with Crippen LogP contribution in [-0.2, 0) is 4.84 Å². The largest absolute Gasteiger partial charge is 0.298 e. The highest BCUT2D eigenvalue weighted by atomic mass is 16.7. The lowest BCUT2D eigenvalue weighted by molar-refractivity contribution is -0.249. The van der Waals surface area contributed by atoms with Gasteiger partial charge in [0.25, 0.3) is 0 Å². The summed E-state index contributed by atoms with van der Waals surface area (Å²) in [6.45, 7) is 15.4. The predicted octanol–water partition coefficient (Wildman–Crippen LogP) is 3.08. The lowest BCUT2D eigenvalue weighted by Crippen LogP contribution is -2.48. The molecule has 84 valence electrons. The number of hydrogen-bond donors (Lipinski definition) is 0. The molecule has 1 fully saturated rings. The van der Waals surface area contributed by atoms with Gasteiger partial charge in [-0.3, -0.25) is 4.84 Å². The van der Waals surface area contributed by atoms with Crippen LogP contribution in [0.5, 0.6) is 0 Å². The molecule has 2 nitrogen and oxygen atoms in total. The van der Waals surface area contributed by atoms with Gasteiger partial charge in [-0.2, -0.15) is 5.06 Å². The van der Waals surface area contributed by atoms with Gasteiger partial charge in [0.05, 0.1) is 6.61 Å². The Morgan fingerprint density at radius 1 is 1.07 bits per heavy atom. The number of nitrogens with zero attached hydrogens (tertiary/aromatic N) is 1. The summed E-state index contributed by atoms with van der Waals surface area (Å²) in [6, 6.07) is 0. The normalized spacial score (nSPS) is 26.6. The van der Waals surface area contributed by atoms with Gasteiger partial charge in [0, 0.05) is 12.1 Å². The molecule has 0 amide bonds. The minimum Gasteiger partial charge on any atom is -0.298 e. The van der Waals surface area contributed by atoms with Crippen molar-refractivity contribution in [1.82, 2.24) is 5.06 Å². The zero-order valence-electron chi connectivity index (χ0n) is 10.6. The molecule has 1 unspecified atom stereocenters. The number of rotatable bonds is 0. The molecule has 0 spiro atoms. The topological polar surface area (TPSA) is 12.5 Å². The van der Waals surface area contributed by atoms with E-state index in [1.54, 1.807) is 0 Å². The van der Waals surface area contributed by atoms with Gasteiger partial charge in [0.1, 0.15) is 0 Å². The SMILES string of the molecule is CC(C)(C)C1CCN(C(C)(C)C)OC1. The third-order valence-corrected chi connectivity index (χ3v) is 3.09. The third kappa shape index (κ3) is 2.96. The molecule has 1 saturated heterocycles. The molecule has 0 aromatic rings. The van der Waals surface area contributed by atoms with Crippen molar-refractivity contribution in [3.8, 4) is 0 Å². The minimum absolute atomic E-state index is 0.142. The number of hydrogen-bond acceptors (Lipinski definition) is 2. The van der Waals surface area contributed by atoms with Gasteiger partial charge >= 0.3 is 0 Å². The fraction of sp³-hybridized carbons (Fsp3) is 1.00. The zero-order chi connectivity index (χ0) is 11.0. The van der Waals surface area contributed by atoms with Crippen LogP contribution in [0, 0.1) is 11.3 Å². The van der Waals surface area contributed by atoms with Crippen LogP contribution >= 0.6 is 0 Å². The van der Waals surface area contributed by atoms with Crippen molar-refractivity contribution in [3.63, 3.8) is 0 Å². The van der Waals surface area contributed by atoms with Crippen LogP contribution in [0.15, 0.2) is 0 Å². The zero-order valence-corrected chi connectivity index (χ0v) is 10.6. The highest BCUT2D eigenvalue weighted by molar-refractivity contribution is 4.80. The van der Waals surface area contributed by atoms with Crippen molar-refractivity contribution in [2.45, 2.75) is 53.5 Å². The van der Waals surface area contributed by atoms with E-state index < -0.39 is 0 Å². The molecule has 0 radical (unpaired) electrons. The van der Waals surface area contributed by atoms with Crippen LogP contribution in [-0.4, -0.2) is 23.8 Å². The first-order chi connectivity index (χ1) is 6.21. The van der Waals surface area contributed by atoms with Gasteiger partial charge < -0.3 is 0 Å². The van der Waals surface area contributed by atoms with Crippen molar-refractivity contribution >= 4 is 0 Å². The Bertz CT molecular complexity index is 157. The third-order valence-electron chi connectivity index (χ3n) is 3.09. The molecule has 1 atom stereocenters. The van der Waals surface area contributed by atoms with E-state index in [0.29, 0.717) is 11.3 Å². The van der Waals surface area contributed by atoms with E-state index in [1.807, 2.05) is 0 Å².